The molecule has 1 atom stereocenters. The summed E-state index contributed by atoms with van der Waals surface area (Å²) in [4.78, 5) is 24.9. The van der Waals surface area contributed by atoms with Gasteiger partial charge in [-0.15, -0.1) is 0 Å². The maximum absolute atomic E-state index is 11.9. The first-order valence-corrected chi connectivity index (χ1v) is 6.92. The highest BCUT2D eigenvalue weighted by Crippen LogP contribution is 2.17. The zero-order valence-corrected chi connectivity index (χ0v) is 11.1. The third kappa shape index (κ3) is 5.04. The second-order valence-electron chi connectivity index (χ2n) is 5.03. The quantitative estimate of drug-likeness (QED) is 0.653. The molecule has 2 amide bonds. The molecule has 1 aliphatic rings. The number of nitrogens with two attached hydrogens (primary N) is 2. The van der Waals surface area contributed by atoms with Crippen molar-refractivity contribution in [3.8, 4) is 0 Å². The average molecular weight is 255 g/mol. The summed E-state index contributed by atoms with van der Waals surface area (Å²) in [7, 11) is 0. The molecule has 5 nitrogen and oxygen atoms in total. The number of hydrogen-bond acceptors (Lipinski definition) is 3. The van der Waals surface area contributed by atoms with E-state index in [0.717, 1.165) is 51.6 Å². The molecule has 1 aliphatic heterocycles. The van der Waals surface area contributed by atoms with Crippen LogP contribution in [0, 0.1) is 5.92 Å². The lowest BCUT2D eigenvalue weighted by atomic mass is 9.97. The van der Waals surface area contributed by atoms with Crippen LogP contribution in [0.1, 0.15) is 44.9 Å². The van der Waals surface area contributed by atoms with E-state index in [1.807, 2.05) is 0 Å². The maximum atomic E-state index is 11.9. The van der Waals surface area contributed by atoms with Gasteiger partial charge >= 0.3 is 0 Å². The van der Waals surface area contributed by atoms with Crippen molar-refractivity contribution in [1.82, 2.24) is 4.90 Å². The van der Waals surface area contributed by atoms with Crippen molar-refractivity contribution in [2.24, 2.45) is 17.4 Å². The smallest absolute Gasteiger partial charge is 0.222 e. The molecule has 1 rings (SSSR count). The molecule has 5 heteroatoms. The van der Waals surface area contributed by atoms with Crippen LogP contribution in [0.25, 0.3) is 0 Å². The summed E-state index contributed by atoms with van der Waals surface area (Å²) >= 11 is 0. The van der Waals surface area contributed by atoms with Gasteiger partial charge in [0.15, 0.2) is 0 Å². The van der Waals surface area contributed by atoms with Gasteiger partial charge in [-0.1, -0.05) is 12.8 Å². The summed E-state index contributed by atoms with van der Waals surface area (Å²) in [6.45, 7) is 2.00. The lowest BCUT2D eigenvalue weighted by molar-refractivity contribution is -0.135. The Labute approximate surface area is 109 Å². The van der Waals surface area contributed by atoms with Crippen LogP contribution >= 0.6 is 0 Å². The van der Waals surface area contributed by atoms with Gasteiger partial charge in [-0.05, 0) is 32.2 Å². The van der Waals surface area contributed by atoms with Gasteiger partial charge in [0.05, 0.1) is 5.92 Å². The molecule has 0 aromatic rings. The Hall–Kier alpha value is -1.10. The van der Waals surface area contributed by atoms with E-state index in [9.17, 15) is 9.59 Å². The number of carbonyl (C=O) groups excluding carboxylic acids is 2. The minimum Gasteiger partial charge on any atom is -0.369 e. The first-order valence-electron chi connectivity index (χ1n) is 6.92. The molecule has 4 N–H and O–H groups in total. The number of primary amides is 1. The molecule has 0 aromatic carbocycles. The number of likely N-dealkylation sites (tertiary alicyclic amines) is 1. The number of hydrogen-bond donors (Lipinski definition) is 2. The summed E-state index contributed by atoms with van der Waals surface area (Å²) in [6, 6.07) is 0. The third-order valence-corrected chi connectivity index (χ3v) is 3.52. The number of nitrogens with zero attached hydrogens (tertiary/aromatic N) is 1. The molecular weight excluding hydrogens is 230 g/mol. The standard InChI is InChI=1S/C13H25N3O2/c14-8-4-2-1-3-7-12(17)16-9-5-6-11(10-16)13(15)18/h11H,1-10,14H2,(H2,15,18). The van der Waals surface area contributed by atoms with E-state index in [1.165, 1.54) is 0 Å². The van der Waals surface area contributed by atoms with Crippen LogP contribution in [0.3, 0.4) is 0 Å². The Morgan fingerprint density at radius 3 is 2.56 bits per heavy atom. The van der Waals surface area contributed by atoms with Crippen molar-refractivity contribution in [3.63, 3.8) is 0 Å². The molecule has 1 unspecified atom stereocenters. The van der Waals surface area contributed by atoms with Gasteiger partial charge in [-0.3, -0.25) is 9.59 Å². The molecule has 0 bridgehead atoms. The summed E-state index contributed by atoms with van der Waals surface area (Å²) < 4.78 is 0. The molecule has 104 valence electrons. The first kappa shape index (κ1) is 15.0. The predicted molar refractivity (Wildman–Crippen MR) is 70.6 cm³/mol. The zero-order chi connectivity index (χ0) is 13.4. The van der Waals surface area contributed by atoms with Crippen molar-refractivity contribution in [2.45, 2.75) is 44.9 Å². The zero-order valence-electron chi connectivity index (χ0n) is 11.1. The monoisotopic (exact) mass is 255 g/mol. The van der Waals surface area contributed by atoms with Crippen molar-refractivity contribution >= 4 is 11.8 Å². The molecule has 0 aliphatic carbocycles. The number of rotatable bonds is 7. The molecular formula is C13H25N3O2. The molecule has 0 aromatic heterocycles. The second kappa shape index (κ2) is 8.08. The van der Waals surface area contributed by atoms with Gasteiger partial charge in [-0.2, -0.15) is 0 Å². The van der Waals surface area contributed by atoms with E-state index < -0.39 is 0 Å². The van der Waals surface area contributed by atoms with E-state index in [1.54, 1.807) is 4.90 Å². The molecule has 0 radical (unpaired) electrons. The highest BCUT2D eigenvalue weighted by Gasteiger charge is 2.26. The average Bonchev–Trinajstić information content (AvgIpc) is 2.38. The number of piperidine rings is 1. The van der Waals surface area contributed by atoms with Crippen molar-refractivity contribution in [3.05, 3.63) is 0 Å². The van der Waals surface area contributed by atoms with Gasteiger partial charge in [0, 0.05) is 19.5 Å². The lowest BCUT2D eigenvalue weighted by Crippen LogP contribution is -2.44. The van der Waals surface area contributed by atoms with Gasteiger partial charge in [0.2, 0.25) is 11.8 Å². The SMILES string of the molecule is NCCCCCCC(=O)N1CCCC(C(N)=O)C1. The summed E-state index contributed by atoms with van der Waals surface area (Å²) in [5, 5.41) is 0. The largest absolute Gasteiger partial charge is 0.369 e. The summed E-state index contributed by atoms with van der Waals surface area (Å²) in [6.07, 6.45) is 6.36. The van der Waals surface area contributed by atoms with E-state index in [0.29, 0.717) is 13.0 Å². The first-order chi connectivity index (χ1) is 8.65. The minimum absolute atomic E-state index is 0.153. The van der Waals surface area contributed by atoms with E-state index in [-0.39, 0.29) is 17.7 Å². The Bertz CT molecular complexity index is 281. The van der Waals surface area contributed by atoms with Crippen LogP contribution in [0.4, 0.5) is 0 Å². The van der Waals surface area contributed by atoms with Gasteiger partial charge in [0.1, 0.15) is 0 Å². The van der Waals surface area contributed by atoms with Gasteiger partial charge in [-0.25, -0.2) is 0 Å². The molecule has 1 fully saturated rings. The fraction of sp³-hybridized carbons (Fsp3) is 0.846. The van der Waals surface area contributed by atoms with Crippen LogP contribution < -0.4 is 11.5 Å². The Morgan fingerprint density at radius 2 is 1.89 bits per heavy atom. The van der Waals surface area contributed by atoms with E-state index in [4.69, 9.17) is 11.5 Å². The van der Waals surface area contributed by atoms with Crippen LogP contribution in [0.2, 0.25) is 0 Å². The minimum atomic E-state index is -0.282. The van der Waals surface area contributed by atoms with Crippen LogP contribution in [-0.4, -0.2) is 36.3 Å². The number of carbonyl (C=O) groups is 2. The van der Waals surface area contributed by atoms with Crippen LogP contribution in [-0.2, 0) is 9.59 Å². The van der Waals surface area contributed by atoms with Gasteiger partial charge in [0.25, 0.3) is 0 Å². The Kier molecular flexibility index (Phi) is 6.72. The highest BCUT2D eigenvalue weighted by molar-refractivity contribution is 5.80. The van der Waals surface area contributed by atoms with Crippen LogP contribution in [0.5, 0.6) is 0 Å². The topological polar surface area (TPSA) is 89.4 Å². The fourth-order valence-corrected chi connectivity index (χ4v) is 2.37. The van der Waals surface area contributed by atoms with Crippen molar-refractivity contribution in [2.75, 3.05) is 19.6 Å². The Balaban J connectivity index is 2.22. The Morgan fingerprint density at radius 1 is 1.17 bits per heavy atom. The van der Waals surface area contributed by atoms with E-state index in [2.05, 4.69) is 0 Å². The molecule has 0 spiro atoms. The molecule has 1 saturated heterocycles. The third-order valence-electron chi connectivity index (χ3n) is 3.52. The highest BCUT2D eigenvalue weighted by atomic mass is 16.2. The molecule has 0 saturated carbocycles. The normalized spacial score (nSPS) is 19.8. The second-order valence-corrected chi connectivity index (χ2v) is 5.03. The number of unbranched alkanes of at least 4 members (excludes halogenated alkanes) is 3. The van der Waals surface area contributed by atoms with Crippen molar-refractivity contribution < 1.29 is 9.59 Å². The van der Waals surface area contributed by atoms with Crippen LogP contribution in [0.15, 0.2) is 0 Å². The molecule has 1 heterocycles. The predicted octanol–water partition coefficient (Wildman–Crippen LogP) is 0.620. The van der Waals surface area contributed by atoms with Gasteiger partial charge < -0.3 is 16.4 Å². The summed E-state index contributed by atoms with van der Waals surface area (Å²) in [5.41, 5.74) is 10.7. The van der Waals surface area contributed by atoms with E-state index >= 15 is 0 Å². The molecule has 18 heavy (non-hydrogen) atoms. The lowest BCUT2D eigenvalue weighted by Gasteiger charge is -2.31. The van der Waals surface area contributed by atoms with Crippen molar-refractivity contribution in [1.29, 1.82) is 0 Å². The maximum Gasteiger partial charge on any atom is 0.222 e. The summed E-state index contributed by atoms with van der Waals surface area (Å²) in [5.74, 6) is -0.274. The fourth-order valence-electron chi connectivity index (χ4n) is 2.37. The number of amides is 2.